The molecule has 7 heteroatoms. The Kier molecular flexibility index (Phi) is 5.14. The summed E-state index contributed by atoms with van der Waals surface area (Å²) in [5.74, 6) is -1.03. The average molecular weight is 343 g/mol. The second-order valence-electron chi connectivity index (χ2n) is 6.15. The number of benzene rings is 1. The lowest BCUT2D eigenvalue weighted by Crippen LogP contribution is -2.53. The van der Waals surface area contributed by atoms with Crippen molar-refractivity contribution < 1.29 is 19.4 Å². The summed E-state index contributed by atoms with van der Waals surface area (Å²) >= 11 is 0. The third kappa shape index (κ3) is 3.71. The zero-order valence-corrected chi connectivity index (χ0v) is 13.9. The van der Waals surface area contributed by atoms with E-state index in [0.29, 0.717) is 32.5 Å². The number of likely N-dealkylation sites (tertiary alicyclic amines) is 1. The summed E-state index contributed by atoms with van der Waals surface area (Å²) in [6, 6.07) is 11.4. The van der Waals surface area contributed by atoms with E-state index in [2.05, 4.69) is 5.10 Å². The number of piperidine rings is 1. The molecule has 1 aliphatic rings. The number of nitrogens with zero attached hydrogens (tertiary/aromatic N) is 3. The first-order chi connectivity index (χ1) is 12.1. The molecule has 7 nitrogen and oxygen atoms in total. The van der Waals surface area contributed by atoms with E-state index in [4.69, 9.17) is 4.74 Å². The van der Waals surface area contributed by atoms with Crippen LogP contribution in [0.1, 0.15) is 18.4 Å². The van der Waals surface area contributed by atoms with Crippen LogP contribution in [0.2, 0.25) is 0 Å². The second kappa shape index (κ2) is 7.48. The summed E-state index contributed by atoms with van der Waals surface area (Å²) in [6.07, 6.45) is 3.89. The fourth-order valence-electron chi connectivity index (χ4n) is 3.11. The largest absolute Gasteiger partial charge is 0.479 e. The molecule has 1 aliphatic heterocycles. The summed E-state index contributed by atoms with van der Waals surface area (Å²) in [4.78, 5) is 25.7. The number of rotatable bonds is 6. The molecular weight excluding hydrogens is 322 g/mol. The minimum atomic E-state index is -1.08. The molecule has 0 bridgehead atoms. The van der Waals surface area contributed by atoms with Crippen LogP contribution < -0.4 is 0 Å². The van der Waals surface area contributed by atoms with Gasteiger partial charge in [0.05, 0.1) is 6.61 Å². The summed E-state index contributed by atoms with van der Waals surface area (Å²) in [6.45, 7) is 1.13. The molecule has 1 aromatic carbocycles. The predicted molar refractivity (Wildman–Crippen MR) is 89.7 cm³/mol. The monoisotopic (exact) mass is 343 g/mol. The van der Waals surface area contributed by atoms with Gasteiger partial charge in [-0.15, -0.1) is 0 Å². The van der Waals surface area contributed by atoms with Crippen LogP contribution in [0.15, 0.2) is 48.8 Å². The highest BCUT2D eigenvalue weighted by Gasteiger charge is 2.44. The number of aromatic nitrogens is 2. The first-order valence-corrected chi connectivity index (χ1v) is 8.25. The molecule has 1 fully saturated rings. The van der Waals surface area contributed by atoms with Gasteiger partial charge < -0.3 is 14.7 Å². The third-order valence-corrected chi connectivity index (χ3v) is 4.62. The maximum absolute atomic E-state index is 12.3. The third-order valence-electron chi connectivity index (χ3n) is 4.62. The summed E-state index contributed by atoms with van der Waals surface area (Å²) in [5.41, 5.74) is -0.0666. The van der Waals surface area contributed by atoms with Gasteiger partial charge in [-0.2, -0.15) is 5.10 Å². The van der Waals surface area contributed by atoms with E-state index in [-0.39, 0.29) is 12.5 Å². The number of amides is 1. The Labute approximate surface area is 145 Å². The number of carbonyl (C=O) groups excluding carboxylic acids is 1. The molecule has 132 valence electrons. The number of carboxylic acids is 1. The normalized spacial score (nSPS) is 16.6. The fourth-order valence-corrected chi connectivity index (χ4v) is 3.11. The number of aliphatic carboxylic acids is 1. The lowest BCUT2D eigenvalue weighted by Gasteiger charge is -2.38. The SMILES string of the molecule is O=C(COCc1ccccc1)N1CCC(C(=O)O)(n2cccn2)CC1. The molecular formula is C18H21N3O4. The first kappa shape index (κ1) is 17.2. The lowest BCUT2D eigenvalue weighted by atomic mass is 9.87. The fraction of sp³-hybridized carbons (Fsp3) is 0.389. The minimum Gasteiger partial charge on any atom is -0.479 e. The molecule has 1 amide bonds. The standard InChI is InChI=1S/C18H21N3O4/c22-16(14-25-13-15-5-2-1-3-6-15)20-11-7-18(8-12-20,17(23)24)21-10-4-9-19-21/h1-6,9-10H,7-8,11-14H2,(H,23,24). The lowest BCUT2D eigenvalue weighted by molar-refractivity contribution is -0.154. The van der Waals surface area contributed by atoms with E-state index in [1.807, 2.05) is 30.3 Å². The van der Waals surface area contributed by atoms with Crippen molar-refractivity contribution in [3.63, 3.8) is 0 Å². The molecule has 3 rings (SSSR count). The van der Waals surface area contributed by atoms with Crippen LogP contribution in [0.3, 0.4) is 0 Å². The topological polar surface area (TPSA) is 84.7 Å². The highest BCUT2D eigenvalue weighted by molar-refractivity contribution is 5.80. The van der Waals surface area contributed by atoms with E-state index < -0.39 is 11.5 Å². The molecule has 1 aromatic heterocycles. The van der Waals surface area contributed by atoms with E-state index in [9.17, 15) is 14.7 Å². The number of ether oxygens (including phenoxy) is 1. The number of hydrogen-bond acceptors (Lipinski definition) is 4. The Morgan fingerprint density at radius 1 is 1.16 bits per heavy atom. The van der Waals surface area contributed by atoms with Crippen LogP contribution in [-0.4, -0.2) is 51.4 Å². The van der Waals surface area contributed by atoms with Crippen molar-refractivity contribution in [1.82, 2.24) is 14.7 Å². The van der Waals surface area contributed by atoms with Crippen molar-refractivity contribution in [3.05, 3.63) is 54.4 Å². The van der Waals surface area contributed by atoms with E-state index in [0.717, 1.165) is 5.56 Å². The molecule has 0 aliphatic carbocycles. The van der Waals surface area contributed by atoms with Gasteiger partial charge in [0, 0.05) is 38.3 Å². The zero-order valence-electron chi connectivity index (χ0n) is 13.9. The van der Waals surface area contributed by atoms with Crippen LogP contribution in [0.25, 0.3) is 0 Å². The van der Waals surface area contributed by atoms with Gasteiger partial charge in [-0.3, -0.25) is 9.48 Å². The van der Waals surface area contributed by atoms with E-state index >= 15 is 0 Å². The second-order valence-corrected chi connectivity index (χ2v) is 6.15. The maximum Gasteiger partial charge on any atom is 0.331 e. The summed E-state index contributed by atoms with van der Waals surface area (Å²) < 4.78 is 6.97. The summed E-state index contributed by atoms with van der Waals surface area (Å²) in [5, 5.41) is 13.8. The van der Waals surface area contributed by atoms with Crippen LogP contribution in [0.5, 0.6) is 0 Å². The molecule has 2 heterocycles. The molecule has 0 unspecified atom stereocenters. The Bertz CT molecular complexity index is 707. The minimum absolute atomic E-state index is 0.00324. The van der Waals surface area contributed by atoms with Gasteiger partial charge in [0.15, 0.2) is 5.54 Å². The highest BCUT2D eigenvalue weighted by Crippen LogP contribution is 2.30. The maximum atomic E-state index is 12.3. The quantitative estimate of drug-likeness (QED) is 0.859. The van der Waals surface area contributed by atoms with Crippen molar-refractivity contribution in [2.75, 3.05) is 19.7 Å². The van der Waals surface area contributed by atoms with Crippen LogP contribution in [0, 0.1) is 0 Å². The zero-order chi connectivity index (χ0) is 17.7. The van der Waals surface area contributed by atoms with E-state index in [1.165, 1.54) is 4.68 Å². The highest BCUT2D eigenvalue weighted by atomic mass is 16.5. The van der Waals surface area contributed by atoms with Gasteiger partial charge in [0.2, 0.25) is 5.91 Å². The molecule has 1 saturated heterocycles. The first-order valence-electron chi connectivity index (χ1n) is 8.25. The van der Waals surface area contributed by atoms with Gasteiger partial charge in [-0.05, 0) is 11.6 Å². The van der Waals surface area contributed by atoms with E-state index in [1.54, 1.807) is 23.4 Å². The van der Waals surface area contributed by atoms with Crippen molar-refractivity contribution in [2.24, 2.45) is 0 Å². The van der Waals surface area contributed by atoms with Gasteiger partial charge in [-0.1, -0.05) is 30.3 Å². The predicted octanol–water partition coefficient (Wildman–Crippen LogP) is 1.50. The Morgan fingerprint density at radius 3 is 2.48 bits per heavy atom. The van der Waals surface area contributed by atoms with Crippen LogP contribution in [0.4, 0.5) is 0 Å². The number of carbonyl (C=O) groups is 2. The molecule has 1 N–H and O–H groups in total. The Balaban J connectivity index is 1.53. The van der Waals surface area contributed by atoms with Crippen molar-refractivity contribution in [1.29, 1.82) is 0 Å². The average Bonchev–Trinajstić information content (AvgIpc) is 3.17. The smallest absolute Gasteiger partial charge is 0.331 e. The van der Waals surface area contributed by atoms with Gasteiger partial charge in [-0.25, -0.2) is 4.79 Å². The summed E-state index contributed by atoms with van der Waals surface area (Å²) in [7, 11) is 0. The van der Waals surface area contributed by atoms with Crippen molar-refractivity contribution in [3.8, 4) is 0 Å². The molecule has 25 heavy (non-hydrogen) atoms. The van der Waals surface area contributed by atoms with Crippen molar-refractivity contribution >= 4 is 11.9 Å². The number of carboxylic acid groups (broad SMARTS) is 1. The Morgan fingerprint density at radius 2 is 1.88 bits per heavy atom. The van der Waals surface area contributed by atoms with Crippen LogP contribution in [-0.2, 0) is 26.5 Å². The molecule has 0 atom stereocenters. The number of hydrogen-bond donors (Lipinski definition) is 1. The van der Waals surface area contributed by atoms with Crippen LogP contribution >= 0.6 is 0 Å². The van der Waals surface area contributed by atoms with Gasteiger partial charge >= 0.3 is 5.97 Å². The molecule has 0 spiro atoms. The molecule has 0 radical (unpaired) electrons. The van der Waals surface area contributed by atoms with Gasteiger partial charge in [0.25, 0.3) is 0 Å². The molecule has 2 aromatic rings. The van der Waals surface area contributed by atoms with Crippen molar-refractivity contribution in [2.45, 2.75) is 25.0 Å². The molecule has 0 saturated carbocycles. The Hall–Kier alpha value is -2.67. The van der Waals surface area contributed by atoms with Gasteiger partial charge in [0.1, 0.15) is 6.61 Å².